The van der Waals surface area contributed by atoms with E-state index in [4.69, 9.17) is 11.6 Å². The summed E-state index contributed by atoms with van der Waals surface area (Å²) in [6.07, 6.45) is 0. The third kappa shape index (κ3) is 3.58. The number of carbonyl (C=O) groups excluding carboxylic acids is 1. The van der Waals surface area contributed by atoms with Gasteiger partial charge in [-0.2, -0.15) is 0 Å². The predicted molar refractivity (Wildman–Crippen MR) is 86.7 cm³/mol. The van der Waals surface area contributed by atoms with Crippen LogP contribution in [0.25, 0.3) is 0 Å². The molecule has 7 heteroatoms. The highest BCUT2D eigenvalue weighted by molar-refractivity contribution is 7.92. The van der Waals surface area contributed by atoms with Gasteiger partial charge in [0.15, 0.2) is 0 Å². The molecule has 0 spiro atoms. The summed E-state index contributed by atoms with van der Waals surface area (Å²) in [5.41, 5.74) is 0.610. The lowest BCUT2D eigenvalue weighted by Crippen LogP contribution is -2.22. The van der Waals surface area contributed by atoms with Crippen LogP contribution in [0.5, 0.6) is 0 Å². The zero-order chi connectivity index (χ0) is 16.3. The molecule has 116 valence electrons. The molecule has 1 N–H and O–H groups in total. The van der Waals surface area contributed by atoms with Gasteiger partial charge in [0.05, 0.1) is 21.2 Å². The molecule has 2 rings (SSSR count). The van der Waals surface area contributed by atoms with Crippen LogP contribution in [-0.2, 0) is 10.0 Å². The van der Waals surface area contributed by atoms with Crippen LogP contribution in [0.3, 0.4) is 0 Å². The number of nitrogens with zero attached hydrogens (tertiary/aromatic N) is 1. The molecule has 0 fully saturated rings. The van der Waals surface area contributed by atoms with E-state index in [-0.39, 0.29) is 15.8 Å². The molecule has 22 heavy (non-hydrogen) atoms. The highest BCUT2D eigenvalue weighted by Gasteiger charge is 2.16. The van der Waals surface area contributed by atoms with Gasteiger partial charge in [0, 0.05) is 14.1 Å². The van der Waals surface area contributed by atoms with E-state index in [2.05, 4.69) is 4.72 Å². The van der Waals surface area contributed by atoms with E-state index >= 15 is 0 Å². The highest BCUT2D eigenvalue weighted by atomic mass is 35.5. The fraction of sp³-hybridized carbons (Fsp3) is 0.133. The zero-order valence-corrected chi connectivity index (χ0v) is 13.6. The van der Waals surface area contributed by atoms with E-state index in [9.17, 15) is 13.2 Å². The molecular formula is C15H15ClN2O3S. The maximum atomic E-state index is 12.2. The molecule has 0 aliphatic rings. The average Bonchev–Trinajstić information content (AvgIpc) is 2.47. The lowest BCUT2D eigenvalue weighted by molar-refractivity contribution is 0.0828. The Morgan fingerprint density at radius 2 is 1.73 bits per heavy atom. The predicted octanol–water partition coefficient (Wildman–Crippen LogP) is 2.84. The monoisotopic (exact) mass is 338 g/mol. The molecule has 1 amide bonds. The topological polar surface area (TPSA) is 66.5 Å². The lowest BCUT2D eigenvalue weighted by Gasteiger charge is -2.13. The Morgan fingerprint density at radius 1 is 1.09 bits per heavy atom. The number of amides is 1. The van der Waals surface area contributed by atoms with Crippen LogP contribution in [0.4, 0.5) is 5.69 Å². The number of nitrogens with one attached hydrogen (secondary N) is 1. The Kier molecular flexibility index (Phi) is 4.73. The maximum Gasteiger partial charge on any atom is 0.261 e. The first-order valence-electron chi connectivity index (χ1n) is 6.40. The minimum Gasteiger partial charge on any atom is -0.345 e. The van der Waals surface area contributed by atoms with E-state index in [0.29, 0.717) is 11.3 Å². The van der Waals surface area contributed by atoms with Gasteiger partial charge in [-0.25, -0.2) is 8.42 Å². The number of halogens is 1. The Labute approximate surface area is 134 Å². The fourth-order valence-electron chi connectivity index (χ4n) is 1.81. The summed E-state index contributed by atoms with van der Waals surface area (Å²) in [6, 6.07) is 12.4. The van der Waals surface area contributed by atoms with E-state index < -0.39 is 10.0 Å². The molecular weight excluding hydrogens is 324 g/mol. The van der Waals surface area contributed by atoms with Crippen LogP contribution >= 0.6 is 11.6 Å². The molecule has 2 aromatic carbocycles. The molecule has 0 aliphatic carbocycles. The zero-order valence-electron chi connectivity index (χ0n) is 12.1. The molecule has 5 nitrogen and oxygen atoms in total. The van der Waals surface area contributed by atoms with E-state index in [1.165, 1.54) is 35.2 Å². The minimum absolute atomic E-state index is 0.152. The van der Waals surface area contributed by atoms with Gasteiger partial charge < -0.3 is 4.90 Å². The number of sulfonamides is 1. The van der Waals surface area contributed by atoms with Crippen molar-refractivity contribution in [2.45, 2.75) is 4.90 Å². The first-order chi connectivity index (χ1) is 10.3. The Morgan fingerprint density at radius 3 is 2.27 bits per heavy atom. The molecule has 0 atom stereocenters. The SMILES string of the molecule is CN(C)C(=O)c1ccc(NS(=O)(=O)c2ccccc2)cc1Cl. The first kappa shape index (κ1) is 16.3. The second kappa shape index (κ2) is 6.37. The van der Waals surface area contributed by atoms with Crippen molar-refractivity contribution in [2.24, 2.45) is 0 Å². The summed E-state index contributed by atoms with van der Waals surface area (Å²) in [4.78, 5) is 13.4. The number of benzene rings is 2. The van der Waals surface area contributed by atoms with Crippen LogP contribution in [0.15, 0.2) is 53.4 Å². The summed E-state index contributed by atoms with van der Waals surface area (Å²) < 4.78 is 26.9. The van der Waals surface area contributed by atoms with E-state index in [0.717, 1.165) is 0 Å². The molecule has 0 aromatic heterocycles. The third-order valence-electron chi connectivity index (χ3n) is 2.91. The van der Waals surface area contributed by atoms with Crippen molar-refractivity contribution in [1.82, 2.24) is 4.90 Å². The van der Waals surface area contributed by atoms with Crippen molar-refractivity contribution in [3.05, 3.63) is 59.1 Å². The number of rotatable bonds is 4. The van der Waals surface area contributed by atoms with Gasteiger partial charge in [-0.3, -0.25) is 9.52 Å². The number of anilines is 1. The van der Waals surface area contributed by atoms with Gasteiger partial charge >= 0.3 is 0 Å². The molecule has 0 saturated carbocycles. The molecule has 0 aliphatic heterocycles. The van der Waals surface area contributed by atoms with Crippen molar-refractivity contribution in [3.8, 4) is 0 Å². The Hall–Kier alpha value is -2.05. The standard InChI is InChI=1S/C15H15ClN2O3S/c1-18(2)15(19)13-9-8-11(10-14(13)16)17-22(20,21)12-6-4-3-5-7-12/h3-10,17H,1-2H3. The summed E-state index contributed by atoms with van der Waals surface area (Å²) in [5, 5.41) is 0.187. The number of hydrogen-bond donors (Lipinski definition) is 1. The van der Waals surface area contributed by atoms with Crippen molar-refractivity contribution in [1.29, 1.82) is 0 Å². The summed E-state index contributed by atoms with van der Waals surface area (Å²) in [6.45, 7) is 0. The van der Waals surface area contributed by atoms with Gasteiger partial charge in [-0.05, 0) is 30.3 Å². The molecule has 2 aromatic rings. The minimum atomic E-state index is -3.68. The van der Waals surface area contributed by atoms with E-state index in [1.807, 2.05) is 0 Å². The smallest absolute Gasteiger partial charge is 0.261 e. The van der Waals surface area contributed by atoms with Crippen LogP contribution in [-0.4, -0.2) is 33.3 Å². The summed E-state index contributed by atoms with van der Waals surface area (Å²) in [7, 11) is -0.452. The first-order valence-corrected chi connectivity index (χ1v) is 8.26. The highest BCUT2D eigenvalue weighted by Crippen LogP contribution is 2.24. The average molecular weight is 339 g/mol. The van der Waals surface area contributed by atoms with E-state index in [1.54, 1.807) is 32.3 Å². The lowest BCUT2D eigenvalue weighted by atomic mass is 10.2. The molecule has 0 bridgehead atoms. The number of hydrogen-bond acceptors (Lipinski definition) is 3. The van der Waals surface area contributed by atoms with Crippen LogP contribution in [0, 0.1) is 0 Å². The molecule has 0 radical (unpaired) electrons. The van der Waals surface area contributed by atoms with Crippen LogP contribution < -0.4 is 4.72 Å². The van der Waals surface area contributed by atoms with Gasteiger partial charge in [0.2, 0.25) is 0 Å². The summed E-state index contributed by atoms with van der Waals surface area (Å²) in [5.74, 6) is -0.248. The normalized spacial score (nSPS) is 11.0. The largest absolute Gasteiger partial charge is 0.345 e. The molecule has 0 heterocycles. The third-order valence-corrected chi connectivity index (χ3v) is 4.62. The number of carbonyl (C=O) groups is 1. The second-order valence-electron chi connectivity index (χ2n) is 4.81. The maximum absolute atomic E-state index is 12.2. The fourth-order valence-corrected chi connectivity index (χ4v) is 3.14. The van der Waals surface area contributed by atoms with Crippen LogP contribution in [0.1, 0.15) is 10.4 Å². The Balaban J connectivity index is 2.29. The van der Waals surface area contributed by atoms with Crippen molar-refractivity contribution in [3.63, 3.8) is 0 Å². The van der Waals surface area contributed by atoms with Gasteiger partial charge in [0.1, 0.15) is 0 Å². The van der Waals surface area contributed by atoms with Crippen LogP contribution in [0.2, 0.25) is 5.02 Å². The van der Waals surface area contributed by atoms with Gasteiger partial charge in [-0.1, -0.05) is 29.8 Å². The van der Waals surface area contributed by atoms with Gasteiger partial charge in [0.25, 0.3) is 15.9 Å². The molecule has 0 unspecified atom stereocenters. The van der Waals surface area contributed by atoms with Crippen molar-refractivity contribution >= 4 is 33.2 Å². The van der Waals surface area contributed by atoms with Crippen molar-refractivity contribution < 1.29 is 13.2 Å². The summed E-state index contributed by atoms with van der Waals surface area (Å²) >= 11 is 6.06. The van der Waals surface area contributed by atoms with Gasteiger partial charge in [-0.15, -0.1) is 0 Å². The second-order valence-corrected chi connectivity index (χ2v) is 6.90. The van der Waals surface area contributed by atoms with Crippen molar-refractivity contribution in [2.75, 3.05) is 18.8 Å². The molecule has 0 saturated heterocycles. The Bertz CT molecular complexity index is 790. The quantitative estimate of drug-likeness (QED) is 0.932.